The van der Waals surface area contributed by atoms with Gasteiger partial charge >= 0.3 is 12.1 Å². The van der Waals surface area contributed by atoms with Crippen molar-refractivity contribution < 1.29 is 22.8 Å². The van der Waals surface area contributed by atoms with Crippen LogP contribution in [0.5, 0.6) is 0 Å². The molecule has 1 rings (SSSR count). The minimum absolute atomic E-state index is 0.132. The van der Waals surface area contributed by atoms with Crippen LogP contribution < -0.4 is 10.6 Å². The smallest absolute Gasteiger partial charge is 0.358 e. The van der Waals surface area contributed by atoms with Crippen LogP contribution in [0.25, 0.3) is 0 Å². The van der Waals surface area contributed by atoms with Gasteiger partial charge in [0.2, 0.25) is 5.91 Å². The minimum atomic E-state index is -4.83. The Bertz CT molecular complexity index is 312. The fourth-order valence-electron chi connectivity index (χ4n) is 1.78. The summed E-state index contributed by atoms with van der Waals surface area (Å²) in [5.74, 6) is -2.03. The molecule has 0 spiro atoms. The van der Waals surface area contributed by atoms with Crippen LogP contribution >= 0.6 is 0 Å². The van der Waals surface area contributed by atoms with Crippen LogP contribution in [0.1, 0.15) is 12.8 Å². The fourth-order valence-corrected chi connectivity index (χ4v) is 1.78. The first-order valence-corrected chi connectivity index (χ1v) is 5.63. The summed E-state index contributed by atoms with van der Waals surface area (Å²) in [5, 5.41) is 4.43. The molecule has 1 aliphatic rings. The number of amides is 2. The number of halogens is 3. The molecule has 0 bridgehead atoms. The first kappa shape index (κ1) is 14.7. The lowest BCUT2D eigenvalue weighted by atomic mass is 10.1. The standard InChI is InChI=1S/C10H16F3N3O2/c1-14-8(17)6-16-4-2-7(3-5-16)15-9(18)10(11,12)13/h7H,2-6H2,1H3,(H,14,17)(H,15,18). The molecule has 1 fully saturated rings. The predicted molar refractivity (Wildman–Crippen MR) is 57.7 cm³/mol. The summed E-state index contributed by atoms with van der Waals surface area (Å²) in [7, 11) is 1.53. The second kappa shape index (κ2) is 6.03. The van der Waals surface area contributed by atoms with Gasteiger partial charge in [-0.1, -0.05) is 0 Å². The van der Waals surface area contributed by atoms with Gasteiger partial charge in [-0.25, -0.2) is 0 Å². The van der Waals surface area contributed by atoms with Crippen molar-refractivity contribution in [2.24, 2.45) is 0 Å². The third-order valence-corrected chi connectivity index (χ3v) is 2.83. The number of nitrogens with zero attached hydrogens (tertiary/aromatic N) is 1. The highest BCUT2D eigenvalue weighted by molar-refractivity contribution is 5.82. The summed E-state index contributed by atoms with van der Waals surface area (Å²) in [4.78, 5) is 23.7. The molecule has 0 radical (unpaired) electrons. The number of likely N-dealkylation sites (N-methyl/N-ethyl adjacent to an activating group) is 1. The number of hydrogen-bond acceptors (Lipinski definition) is 3. The van der Waals surface area contributed by atoms with E-state index in [0.717, 1.165) is 0 Å². The third-order valence-electron chi connectivity index (χ3n) is 2.83. The first-order valence-electron chi connectivity index (χ1n) is 5.63. The number of hydrogen-bond donors (Lipinski definition) is 2. The van der Waals surface area contributed by atoms with Gasteiger partial charge in [-0.3, -0.25) is 14.5 Å². The van der Waals surface area contributed by atoms with Crippen molar-refractivity contribution in [3.05, 3.63) is 0 Å². The molecule has 8 heteroatoms. The van der Waals surface area contributed by atoms with Gasteiger partial charge in [0.15, 0.2) is 0 Å². The Hall–Kier alpha value is -1.31. The molecule has 1 aliphatic heterocycles. The van der Waals surface area contributed by atoms with Gasteiger partial charge in [-0.15, -0.1) is 0 Å². The molecule has 2 amide bonds. The van der Waals surface area contributed by atoms with E-state index in [1.165, 1.54) is 7.05 Å². The lowest BCUT2D eigenvalue weighted by Crippen LogP contribution is -2.49. The zero-order valence-electron chi connectivity index (χ0n) is 10.0. The summed E-state index contributed by atoms with van der Waals surface area (Å²) in [6.45, 7) is 1.23. The minimum Gasteiger partial charge on any atom is -0.358 e. The number of likely N-dealkylation sites (tertiary alicyclic amines) is 1. The number of rotatable bonds is 3. The van der Waals surface area contributed by atoms with E-state index in [0.29, 0.717) is 25.9 Å². The Balaban J connectivity index is 2.32. The Kier molecular flexibility index (Phi) is 4.94. The molecule has 0 aromatic carbocycles. The van der Waals surface area contributed by atoms with Gasteiger partial charge in [-0.2, -0.15) is 13.2 Å². The molecular weight excluding hydrogens is 251 g/mol. The number of alkyl halides is 3. The molecule has 1 saturated heterocycles. The first-order chi connectivity index (χ1) is 8.32. The number of carbonyl (C=O) groups is 2. The molecule has 2 N–H and O–H groups in total. The van der Waals surface area contributed by atoms with Gasteiger partial charge in [0.1, 0.15) is 0 Å². The molecule has 1 heterocycles. The van der Waals surface area contributed by atoms with Crippen LogP contribution in [0.15, 0.2) is 0 Å². The molecule has 0 saturated carbocycles. The molecule has 104 valence electrons. The van der Waals surface area contributed by atoms with Crippen molar-refractivity contribution in [2.45, 2.75) is 25.1 Å². The van der Waals surface area contributed by atoms with Crippen molar-refractivity contribution in [1.82, 2.24) is 15.5 Å². The van der Waals surface area contributed by atoms with E-state index in [1.807, 2.05) is 10.2 Å². The maximum Gasteiger partial charge on any atom is 0.471 e. The van der Waals surface area contributed by atoms with Crippen molar-refractivity contribution in [3.63, 3.8) is 0 Å². The normalized spacial score (nSPS) is 18.4. The van der Waals surface area contributed by atoms with E-state index < -0.39 is 18.1 Å². The summed E-state index contributed by atoms with van der Waals surface area (Å²) in [5.41, 5.74) is 0. The maximum atomic E-state index is 12.0. The van der Waals surface area contributed by atoms with E-state index in [4.69, 9.17) is 0 Å². The molecule has 18 heavy (non-hydrogen) atoms. The molecule has 5 nitrogen and oxygen atoms in total. The zero-order chi connectivity index (χ0) is 13.8. The fraction of sp³-hybridized carbons (Fsp3) is 0.800. The number of nitrogens with one attached hydrogen (secondary N) is 2. The maximum absolute atomic E-state index is 12.0. The van der Waals surface area contributed by atoms with Gasteiger partial charge in [0.05, 0.1) is 6.54 Å². The monoisotopic (exact) mass is 267 g/mol. The van der Waals surface area contributed by atoms with E-state index >= 15 is 0 Å². The highest BCUT2D eigenvalue weighted by atomic mass is 19.4. The Morgan fingerprint density at radius 3 is 2.28 bits per heavy atom. The zero-order valence-corrected chi connectivity index (χ0v) is 10.0. The molecule has 0 unspecified atom stereocenters. The highest BCUT2D eigenvalue weighted by Crippen LogP contribution is 2.17. The topological polar surface area (TPSA) is 61.4 Å². The average molecular weight is 267 g/mol. The van der Waals surface area contributed by atoms with Gasteiger partial charge in [0, 0.05) is 26.2 Å². The lowest BCUT2D eigenvalue weighted by Gasteiger charge is -2.31. The van der Waals surface area contributed by atoms with E-state index in [2.05, 4.69) is 5.32 Å². The van der Waals surface area contributed by atoms with Crippen molar-refractivity contribution in [3.8, 4) is 0 Å². The quantitative estimate of drug-likeness (QED) is 0.749. The molecule has 0 atom stereocenters. The molecule has 0 aromatic heterocycles. The van der Waals surface area contributed by atoms with Crippen molar-refractivity contribution >= 4 is 11.8 Å². The Morgan fingerprint density at radius 1 is 1.28 bits per heavy atom. The van der Waals surface area contributed by atoms with Gasteiger partial charge < -0.3 is 10.6 Å². The molecular formula is C10H16F3N3O2. The van der Waals surface area contributed by atoms with E-state index in [9.17, 15) is 22.8 Å². The highest BCUT2D eigenvalue weighted by Gasteiger charge is 2.40. The van der Waals surface area contributed by atoms with Gasteiger partial charge in [-0.05, 0) is 12.8 Å². The van der Waals surface area contributed by atoms with Gasteiger partial charge in [0.25, 0.3) is 0 Å². The van der Waals surface area contributed by atoms with Crippen molar-refractivity contribution in [1.29, 1.82) is 0 Å². The number of carbonyl (C=O) groups excluding carboxylic acids is 2. The van der Waals surface area contributed by atoms with E-state index in [-0.39, 0.29) is 12.5 Å². The summed E-state index contributed by atoms with van der Waals surface area (Å²) >= 11 is 0. The van der Waals surface area contributed by atoms with Crippen LogP contribution in [0.3, 0.4) is 0 Å². The van der Waals surface area contributed by atoms with Crippen LogP contribution in [-0.2, 0) is 9.59 Å². The Labute approximate surface area is 103 Å². The summed E-state index contributed by atoms with van der Waals surface area (Å²) < 4.78 is 36.1. The third kappa shape index (κ3) is 4.52. The molecule has 0 aromatic rings. The van der Waals surface area contributed by atoms with Crippen LogP contribution in [0.4, 0.5) is 13.2 Å². The molecule has 0 aliphatic carbocycles. The van der Waals surface area contributed by atoms with Crippen molar-refractivity contribution in [2.75, 3.05) is 26.7 Å². The predicted octanol–water partition coefficient (Wildman–Crippen LogP) is -0.125. The Morgan fingerprint density at radius 2 is 1.83 bits per heavy atom. The average Bonchev–Trinajstić information content (AvgIpc) is 2.30. The van der Waals surface area contributed by atoms with Crippen LogP contribution in [-0.4, -0.2) is 55.6 Å². The van der Waals surface area contributed by atoms with E-state index in [1.54, 1.807) is 0 Å². The lowest BCUT2D eigenvalue weighted by molar-refractivity contribution is -0.174. The summed E-state index contributed by atoms with van der Waals surface area (Å²) in [6.07, 6.45) is -4.00. The number of piperidine rings is 1. The largest absolute Gasteiger partial charge is 0.471 e. The SMILES string of the molecule is CNC(=O)CN1CCC(NC(=O)C(F)(F)F)CC1. The van der Waals surface area contributed by atoms with Crippen LogP contribution in [0, 0.1) is 0 Å². The summed E-state index contributed by atoms with van der Waals surface area (Å²) in [6, 6.07) is -0.472. The second-order valence-corrected chi connectivity index (χ2v) is 4.19. The van der Waals surface area contributed by atoms with Crippen LogP contribution in [0.2, 0.25) is 0 Å². The second-order valence-electron chi connectivity index (χ2n) is 4.19.